The zero-order valence-electron chi connectivity index (χ0n) is 21.4. The normalized spacial score (nSPS) is 11.8. The van der Waals surface area contributed by atoms with Crippen molar-refractivity contribution in [1.29, 1.82) is 0 Å². The molecule has 0 unspecified atom stereocenters. The Hall–Kier alpha value is -2.91. The van der Waals surface area contributed by atoms with Crippen LogP contribution in [-0.2, 0) is 34.3 Å². The van der Waals surface area contributed by atoms with Gasteiger partial charge in [0.05, 0.1) is 15.9 Å². The summed E-state index contributed by atoms with van der Waals surface area (Å²) in [6.07, 6.45) is 1.71. The molecule has 1 amide bonds. The smallest absolute Gasteiger partial charge is 0.243 e. The molecule has 0 radical (unpaired) electrons. The molecule has 0 saturated carbocycles. The predicted molar refractivity (Wildman–Crippen MR) is 141 cm³/mol. The number of hydrogen-bond donors (Lipinski definition) is 1. The predicted octanol–water partition coefficient (Wildman–Crippen LogP) is 3.79. The van der Waals surface area contributed by atoms with Gasteiger partial charge in [-0.15, -0.1) is 0 Å². The maximum atomic E-state index is 12.9. The van der Waals surface area contributed by atoms with Crippen LogP contribution in [0, 0.1) is 0 Å². The number of nitrogens with one attached hydrogen (secondary N) is 1. The lowest BCUT2D eigenvalue weighted by atomic mass is 10.2. The second kappa shape index (κ2) is 11.7. The number of nitrogens with zero attached hydrogens (tertiary/aromatic N) is 4. The number of sulfonamides is 1. The first-order valence-corrected chi connectivity index (χ1v) is 13.7. The van der Waals surface area contributed by atoms with Gasteiger partial charge in [-0.25, -0.2) is 13.4 Å². The molecule has 1 aromatic heterocycles. The van der Waals surface area contributed by atoms with Gasteiger partial charge >= 0.3 is 0 Å². The molecule has 8 nitrogen and oxygen atoms in total. The summed E-state index contributed by atoms with van der Waals surface area (Å²) in [4.78, 5) is 19.5. The van der Waals surface area contributed by atoms with Crippen LogP contribution in [0.1, 0.15) is 45.0 Å². The summed E-state index contributed by atoms with van der Waals surface area (Å²) >= 11 is 0. The average molecular weight is 500 g/mol. The molecule has 0 aliphatic carbocycles. The molecular weight excluding hydrogens is 462 g/mol. The quantitative estimate of drug-likeness (QED) is 0.410. The Balaban J connectivity index is 1.72. The second-order valence-corrected chi connectivity index (χ2v) is 10.7. The highest BCUT2D eigenvalue weighted by Gasteiger charge is 2.23. The van der Waals surface area contributed by atoms with E-state index in [2.05, 4.69) is 16.8 Å². The minimum absolute atomic E-state index is 0.0402. The number of aryl methyl sites for hydroxylation is 2. The van der Waals surface area contributed by atoms with Gasteiger partial charge in [0.2, 0.25) is 15.9 Å². The van der Waals surface area contributed by atoms with E-state index in [-0.39, 0.29) is 10.8 Å². The van der Waals surface area contributed by atoms with Crippen LogP contribution in [0.25, 0.3) is 11.0 Å². The van der Waals surface area contributed by atoms with Crippen molar-refractivity contribution in [3.8, 4) is 0 Å². The number of carbonyl (C=O) groups excluding carboxylic acids is 1. The Labute approximate surface area is 209 Å². The molecule has 3 rings (SSSR count). The van der Waals surface area contributed by atoms with Crippen molar-refractivity contribution in [3.05, 3.63) is 53.9 Å². The molecule has 0 aliphatic heterocycles. The summed E-state index contributed by atoms with van der Waals surface area (Å²) in [6, 6.07) is 13.2. The number of benzene rings is 2. The summed E-state index contributed by atoms with van der Waals surface area (Å²) in [7, 11) is 0.429. The van der Waals surface area contributed by atoms with Crippen LogP contribution in [0.4, 0.5) is 5.69 Å². The third-order valence-electron chi connectivity index (χ3n) is 6.11. The van der Waals surface area contributed by atoms with Crippen molar-refractivity contribution in [2.24, 2.45) is 0 Å². The third kappa shape index (κ3) is 6.21. The van der Waals surface area contributed by atoms with E-state index in [9.17, 15) is 13.2 Å². The first-order chi connectivity index (χ1) is 16.7. The van der Waals surface area contributed by atoms with Crippen LogP contribution < -0.4 is 10.2 Å². The van der Waals surface area contributed by atoms with Gasteiger partial charge in [0, 0.05) is 58.8 Å². The van der Waals surface area contributed by atoms with Crippen LogP contribution in [0.5, 0.6) is 0 Å². The molecule has 0 bridgehead atoms. The van der Waals surface area contributed by atoms with E-state index < -0.39 is 10.0 Å². The van der Waals surface area contributed by atoms with Crippen LogP contribution in [-0.4, -0.2) is 55.4 Å². The highest BCUT2D eigenvalue weighted by Crippen LogP contribution is 2.24. The zero-order valence-corrected chi connectivity index (χ0v) is 22.2. The van der Waals surface area contributed by atoms with E-state index >= 15 is 0 Å². The second-order valence-electron chi connectivity index (χ2n) is 8.76. The molecule has 3 aromatic rings. The first-order valence-electron chi connectivity index (χ1n) is 12.2. The summed E-state index contributed by atoms with van der Waals surface area (Å²) < 4.78 is 29.4. The van der Waals surface area contributed by atoms with Gasteiger partial charge < -0.3 is 14.8 Å². The van der Waals surface area contributed by atoms with Gasteiger partial charge in [-0.05, 0) is 42.3 Å². The van der Waals surface area contributed by atoms with Crippen molar-refractivity contribution in [1.82, 2.24) is 19.2 Å². The van der Waals surface area contributed by atoms with Crippen molar-refractivity contribution in [2.75, 3.05) is 32.1 Å². The maximum Gasteiger partial charge on any atom is 0.243 e. The number of anilines is 1. The van der Waals surface area contributed by atoms with Crippen LogP contribution in [0.3, 0.4) is 0 Å². The Morgan fingerprint density at radius 3 is 2.31 bits per heavy atom. The number of hydrogen-bond acceptors (Lipinski definition) is 5. The van der Waals surface area contributed by atoms with Crippen LogP contribution in [0.2, 0.25) is 0 Å². The molecule has 9 heteroatoms. The van der Waals surface area contributed by atoms with E-state index in [1.54, 1.807) is 12.1 Å². The van der Waals surface area contributed by atoms with Gasteiger partial charge in [-0.1, -0.05) is 32.9 Å². The Morgan fingerprint density at radius 1 is 1.03 bits per heavy atom. The molecule has 35 heavy (non-hydrogen) atoms. The molecule has 2 aromatic carbocycles. The summed E-state index contributed by atoms with van der Waals surface area (Å²) in [6.45, 7) is 7.82. The number of amides is 1. The Bertz CT molecular complexity index is 1250. The fourth-order valence-electron chi connectivity index (χ4n) is 4.12. The van der Waals surface area contributed by atoms with Gasteiger partial charge in [0.15, 0.2) is 0 Å². The minimum atomic E-state index is -3.56. The molecule has 0 spiro atoms. The average Bonchev–Trinajstić information content (AvgIpc) is 3.19. The Morgan fingerprint density at radius 2 is 1.71 bits per heavy atom. The Kier molecular flexibility index (Phi) is 8.91. The summed E-state index contributed by atoms with van der Waals surface area (Å²) in [5.41, 5.74) is 3.69. The van der Waals surface area contributed by atoms with Gasteiger partial charge in [-0.3, -0.25) is 4.79 Å². The summed E-state index contributed by atoms with van der Waals surface area (Å²) in [5.74, 6) is 0.756. The first kappa shape index (κ1) is 26.7. The van der Waals surface area contributed by atoms with Gasteiger partial charge in [0.25, 0.3) is 0 Å². The number of fused-ring (bicyclic) bond motifs is 1. The number of aromatic nitrogens is 2. The highest BCUT2D eigenvalue weighted by molar-refractivity contribution is 7.89. The van der Waals surface area contributed by atoms with Crippen molar-refractivity contribution in [2.45, 2.75) is 58.0 Å². The summed E-state index contributed by atoms with van der Waals surface area (Å²) in [5, 5.41) is 2.98. The fraction of sp³-hybridized carbons (Fsp3) is 0.462. The molecular formula is C26H37N5O3S. The molecule has 190 valence electrons. The largest absolute Gasteiger partial charge is 0.378 e. The zero-order chi connectivity index (χ0) is 25.6. The van der Waals surface area contributed by atoms with Crippen LogP contribution in [0.15, 0.2) is 47.4 Å². The highest BCUT2D eigenvalue weighted by atomic mass is 32.2. The van der Waals surface area contributed by atoms with E-state index in [1.165, 1.54) is 4.31 Å². The molecule has 1 N–H and O–H groups in total. The SMILES string of the molecule is CCCn1c(CCC(=O)NCc2ccc(N(C)C)cc2)nc2cc(S(=O)(=O)N(CC)CC)ccc21. The van der Waals surface area contributed by atoms with Gasteiger partial charge in [-0.2, -0.15) is 4.31 Å². The fourth-order valence-corrected chi connectivity index (χ4v) is 5.60. The number of carbonyl (C=O) groups is 1. The lowest BCUT2D eigenvalue weighted by Gasteiger charge is -2.18. The van der Waals surface area contributed by atoms with Crippen molar-refractivity contribution in [3.63, 3.8) is 0 Å². The molecule has 0 fully saturated rings. The van der Waals surface area contributed by atoms with E-state index in [4.69, 9.17) is 4.98 Å². The lowest BCUT2D eigenvalue weighted by molar-refractivity contribution is -0.121. The number of rotatable bonds is 12. The van der Waals surface area contributed by atoms with Gasteiger partial charge in [0.1, 0.15) is 5.82 Å². The molecule has 0 saturated heterocycles. The monoisotopic (exact) mass is 499 g/mol. The molecule has 0 atom stereocenters. The number of imidazole rings is 1. The topological polar surface area (TPSA) is 87.5 Å². The molecule has 0 aliphatic rings. The molecule has 1 heterocycles. The van der Waals surface area contributed by atoms with Crippen LogP contribution >= 0.6 is 0 Å². The van der Waals surface area contributed by atoms with Crippen molar-refractivity contribution < 1.29 is 13.2 Å². The van der Waals surface area contributed by atoms with E-state index in [0.29, 0.717) is 38.0 Å². The standard InChI is InChI=1S/C26H37N5O3S/c1-6-17-31-24-14-13-22(35(33,34)30(7-2)8-3)18-23(24)28-25(31)15-16-26(32)27-19-20-9-11-21(12-10-20)29(4)5/h9-14,18H,6-8,15-17,19H2,1-5H3,(H,27,32). The third-order valence-corrected chi connectivity index (χ3v) is 8.15. The minimum Gasteiger partial charge on any atom is -0.378 e. The van der Waals surface area contributed by atoms with E-state index in [1.807, 2.05) is 63.2 Å². The lowest BCUT2D eigenvalue weighted by Crippen LogP contribution is -2.30. The maximum absolute atomic E-state index is 12.9. The van der Waals surface area contributed by atoms with E-state index in [0.717, 1.165) is 35.6 Å². The van der Waals surface area contributed by atoms with Crippen molar-refractivity contribution >= 4 is 32.7 Å².